The number of amides is 1. The highest BCUT2D eigenvalue weighted by molar-refractivity contribution is 7.14. The minimum absolute atomic E-state index is 0.0159. The van der Waals surface area contributed by atoms with E-state index in [4.69, 9.17) is 4.74 Å². The van der Waals surface area contributed by atoms with Crippen LogP contribution in [0.2, 0.25) is 0 Å². The van der Waals surface area contributed by atoms with Crippen molar-refractivity contribution >= 4 is 34.3 Å². The van der Waals surface area contributed by atoms with Crippen molar-refractivity contribution in [3.05, 3.63) is 38.9 Å². The molecule has 1 aliphatic heterocycles. The first-order valence-electron chi connectivity index (χ1n) is 7.21. The number of carbonyl (C=O) groups excluding carboxylic acids is 1. The molecule has 1 aliphatic rings. The molecule has 0 bridgehead atoms. The van der Waals surface area contributed by atoms with Gasteiger partial charge in [-0.15, -0.1) is 22.7 Å². The highest BCUT2D eigenvalue weighted by Gasteiger charge is 2.34. The van der Waals surface area contributed by atoms with Crippen molar-refractivity contribution in [2.45, 2.75) is 32.7 Å². The number of ether oxygens (including phenoxy) is 1. The van der Waals surface area contributed by atoms with Crippen LogP contribution in [0, 0.1) is 6.92 Å². The summed E-state index contributed by atoms with van der Waals surface area (Å²) < 4.78 is 5.27. The third-order valence-corrected chi connectivity index (χ3v) is 5.94. The van der Waals surface area contributed by atoms with Gasteiger partial charge >= 0.3 is 0 Å². The molecule has 6 heteroatoms. The summed E-state index contributed by atoms with van der Waals surface area (Å²) in [6.45, 7) is 3.96. The smallest absolute Gasteiger partial charge is 0.243 e. The maximum atomic E-state index is 12.3. The average Bonchev–Trinajstić information content (AvgIpc) is 3.24. The molecule has 2 aromatic heterocycles. The Morgan fingerprint density at radius 1 is 1.45 bits per heavy atom. The number of aryl methyl sites for hydroxylation is 1. The molecule has 0 aliphatic carbocycles. The Kier molecular flexibility index (Phi) is 4.31. The lowest BCUT2D eigenvalue weighted by Crippen LogP contribution is -2.25. The summed E-state index contributed by atoms with van der Waals surface area (Å²) in [5.41, 5.74) is 2.23. The van der Waals surface area contributed by atoms with Crippen molar-refractivity contribution in [1.82, 2.24) is 5.01 Å². The summed E-state index contributed by atoms with van der Waals surface area (Å²) in [4.78, 5) is 14.6. The quantitative estimate of drug-likeness (QED) is 0.840. The molecule has 3 heterocycles. The molecule has 0 saturated heterocycles. The van der Waals surface area contributed by atoms with Gasteiger partial charge in [0.05, 0.1) is 23.7 Å². The minimum Gasteiger partial charge on any atom is -0.487 e. The van der Waals surface area contributed by atoms with Crippen LogP contribution in [0.4, 0.5) is 0 Å². The fourth-order valence-corrected chi connectivity index (χ4v) is 4.38. The Morgan fingerprint density at radius 2 is 2.27 bits per heavy atom. The van der Waals surface area contributed by atoms with E-state index in [2.05, 4.69) is 23.5 Å². The van der Waals surface area contributed by atoms with Gasteiger partial charge in [-0.2, -0.15) is 5.10 Å². The minimum atomic E-state index is -0.0159. The molecule has 0 spiro atoms. The van der Waals surface area contributed by atoms with E-state index in [1.54, 1.807) is 34.8 Å². The van der Waals surface area contributed by atoms with Gasteiger partial charge in [0.1, 0.15) is 0 Å². The van der Waals surface area contributed by atoms with E-state index in [0.29, 0.717) is 6.42 Å². The van der Waals surface area contributed by atoms with Crippen LogP contribution in [0.3, 0.4) is 0 Å². The van der Waals surface area contributed by atoms with E-state index in [1.165, 1.54) is 10.4 Å². The normalized spacial score (nSPS) is 17.7. The zero-order chi connectivity index (χ0) is 15.7. The lowest BCUT2D eigenvalue weighted by atomic mass is 10.1. The van der Waals surface area contributed by atoms with Crippen molar-refractivity contribution in [3.63, 3.8) is 0 Å². The van der Waals surface area contributed by atoms with E-state index in [9.17, 15) is 4.79 Å². The summed E-state index contributed by atoms with van der Waals surface area (Å²) in [7, 11) is 1.66. The van der Waals surface area contributed by atoms with Gasteiger partial charge in [0.25, 0.3) is 0 Å². The lowest BCUT2D eigenvalue weighted by molar-refractivity contribution is -0.132. The number of methoxy groups -OCH3 is 1. The molecule has 1 unspecified atom stereocenters. The zero-order valence-electron chi connectivity index (χ0n) is 12.8. The molecule has 22 heavy (non-hydrogen) atoms. The van der Waals surface area contributed by atoms with Crippen molar-refractivity contribution in [3.8, 4) is 5.06 Å². The van der Waals surface area contributed by atoms with Crippen LogP contribution in [-0.4, -0.2) is 23.7 Å². The Morgan fingerprint density at radius 3 is 2.86 bits per heavy atom. The summed E-state index contributed by atoms with van der Waals surface area (Å²) in [6, 6.07) is 6.06. The fraction of sp³-hybridized carbons (Fsp3) is 0.375. The van der Waals surface area contributed by atoms with E-state index in [1.807, 2.05) is 19.1 Å². The van der Waals surface area contributed by atoms with Crippen molar-refractivity contribution < 1.29 is 9.53 Å². The molecule has 116 valence electrons. The van der Waals surface area contributed by atoms with Crippen LogP contribution in [0.1, 0.15) is 41.1 Å². The summed E-state index contributed by atoms with van der Waals surface area (Å²) >= 11 is 3.26. The number of hydrazone groups is 1. The van der Waals surface area contributed by atoms with Gasteiger partial charge in [-0.3, -0.25) is 4.79 Å². The van der Waals surface area contributed by atoms with Crippen LogP contribution in [0.25, 0.3) is 0 Å². The monoisotopic (exact) mass is 334 g/mol. The second-order valence-corrected chi connectivity index (χ2v) is 7.15. The van der Waals surface area contributed by atoms with Gasteiger partial charge in [-0.1, -0.05) is 6.92 Å². The Bertz CT molecular complexity index is 717. The van der Waals surface area contributed by atoms with E-state index in [0.717, 1.165) is 22.1 Å². The van der Waals surface area contributed by atoms with Gasteiger partial charge in [0.2, 0.25) is 5.91 Å². The van der Waals surface area contributed by atoms with Crippen LogP contribution < -0.4 is 4.74 Å². The van der Waals surface area contributed by atoms with Crippen molar-refractivity contribution in [2.75, 3.05) is 7.11 Å². The fourth-order valence-electron chi connectivity index (χ4n) is 2.55. The standard InChI is InChI=1S/C16H18N2O2S2/c1-4-14(19)18-12(13-5-6-15(20-3)22-13)9-11(17-18)16-10(2)7-8-21-16/h5-8,12H,4,9H2,1-3H3. The summed E-state index contributed by atoms with van der Waals surface area (Å²) in [6.07, 6.45) is 1.22. The molecule has 0 fully saturated rings. The molecule has 0 N–H and O–H groups in total. The zero-order valence-corrected chi connectivity index (χ0v) is 14.5. The number of hydrogen-bond donors (Lipinski definition) is 0. The third-order valence-electron chi connectivity index (χ3n) is 3.72. The largest absolute Gasteiger partial charge is 0.487 e. The summed E-state index contributed by atoms with van der Waals surface area (Å²) in [5, 5.41) is 9.22. The van der Waals surface area contributed by atoms with Crippen LogP contribution >= 0.6 is 22.7 Å². The van der Waals surface area contributed by atoms with Crippen LogP contribution in [0.15, 0.2) is 28.7 Å². The third kappa shape index (κ3) is 2.68. The predicted octanol–water partition coefficient (Wildman–Crippen LogP) is 4.21. The molecule has 0 saturated carbocycles. The summed E-state index contributed by atoms with van der Waals surface area (Å²) in [5.74, 6) is 0.0570. The van der Waals surface area contributed by atoms with Crippen molar-refractivity contribution in [2.24, 2.45) is 5.10 Å². The molecular formula is C16H18N2O2S2. The molecule has 3 rings (SSSR count). The topological polar surface area (TPSA) is 41.9 Å². The van der Waals surface area contributed by atoms with E-state index >= 15 is 0 Å². The highest BCUT2D eigenvalue weighted by Crippen LogP contribution is 2.39. The number of nitrogens with zero attached hydrogens (tertiary/aromatic N) is 2. The molecular weight excluding hydrogens is 316 g/mol. The van der Waals surface area contributed by atoms with Crippen molar-refractivity contribution in [1.29, 1.82) is 0 Å². The van der Waals surface area contributed by atoms with Gasteiger partial charge in [-0.05, 0) is 36.1 Å². The van der Waals surface area contributed by atoms with Crippen LogP contribution in [0.5, 0.6) is 5.06 Å². The second kappa shape index (κ2) is 6.22. The first-order chi connectivity index (χ1) is 10.6. The lowest BCUT2D eigenvalue weighted by Gasteiger charge is -2.19. The SMILES string of the molecule is CCC(=O)N1N=C(c2sccc2C)CC1c1ccc(OC)s1. The predicted molar refractivity (Wildman–Crippen MR) is 91.0 cm³/mol. The Balaban J connectivity index is 1.94. The number of rotatable bonds is 4. The van der Waals surface area contributed by atoms with Gasteiger partial charge in [-0.25, -0.2) is 5.01 Å². The Labute approximate surface area is 138 Å². The second-order valence-electron chi connectivity index (χ2n) is 5.15. The number of thiophene rings is 2. The molecule has 0 radical (unpaired) electrons. The Hall–Kier alpha value is -1.66. The number of hydrogen-bond acceptors (Lipinski definition) is 5. The first-order valence-corrected chi connectivity index (χ1v) is 8.91. The van der Waals surface area contributed by atoms with E-state index in [-0.39, 0.29) is 11.9 Å². The van der Waals surface area contributed by atoms with Crippen LogP contribution in [-0.2, 0) is 4.79 Å². The maximum absolute atomic E-state index is 12.3. The molecule has 1 atom stereocenters. The highest BCUT2D eigenvalue weighted by atomic mass is 32.1. The maximum Gasteiger partial charge on any atom is 0.243 e. The molecule has 0 aromatic carbocycles. The van der Waals surface area contributed by atoms with Gasteiger partial charge in [0, 0.05) is 17.7 Å². The molecule has 2 aromatic rings. The van der Waals surface area contributed by atoms with Gasteiger partial charge < -0.3 is 4.74 Å². The number of carbonyl (C=O) groups is 1. The average molecular weight is 334 g/mol. The van der Waals surface area contributed by atoms with Gasteiger partial charge in [0.15, 0.2) is 5.06 Å². The molecule has 1 amide bonds. The van der Waals surface area contributed by atoms with E-state index < -0.39 is 0 Å². The first kappa shape index (κ1) is 15.2. The molecule has 4 nitrogen and oxygen atoms in total.